The molecule has 5 nitrogen and oxygen atoms in total. The molecule has 0 aromatic heterocycles. The van der Waals surface area contributed by atoms with Crippen molar-refractivity contribution < 1.29 is 4.79 Å². The summed E-state index contributed by atoms with van der Waals surface area (Å²) in [6.07, 6.45) is 0.944. The van der Waals surface area contributed by atoms with Gasteiger partial charge in [-0.05, 0) is 24.1 Å². The van der Waals surface area contributed by atoms with Gasteiger partial charge in [0.25, 0.3) is 0 Å². The smallest absolute Gasteiger partial charge is 0.225 e. The zero-order valence-electron chi connectivity index (χ0n) is 16.5. The Hall–Kier alpha value is -1.75. The molecule has 0 bridgehead atoms. The molecule has 144 valence electrons. The van der Waals surface area contributed by atoms with E-state index in [1.165, 1.54) is 5.56 Å². The summed E-state index contributed by atoms with van der Waals surface area (Å²) in [5.41, 5.74) is 1.16. The molecule has 1 aromatic rings. The molecule has 1 aliphatic heterocycles. The number of rotatable bonds is 5. The van der Waals surface area contributed by atoms with Crippen molar-refractivity contribution in [3.05, 3.63) is 34.9 Å². The lowest BCUT2D eigenvalue weighted by molar-refractivity contribution is -0.133. The lowest BCUT2D eigenvalue weighted by Gasteiger charge is -2.27. The fourth-order valence-corrected chi connectivity index (χ4v) is 3.27. The Bertz CT molecular complexity index is 640. The van der Waals surface area contributed by atoms with Gasteiger partial charge in [0, 0.05) is 49.1 Å². The predicted octanol–water partition coefficient (Wildman–Crippen LogP) is 3.04. The number of aliphatic imine (C=N–C) groups is 1. The summed E-state index contributed by atoms with van der Waals surface area (Å²) in [4.78, 5) is 18.4. The highest BCUT2D eigenvalue weighted by atomic mass is 35.5. The molecule has 0 aliphatic carbocycles. The predicted molar refractivity (Wildman–Crippen MR) is 109 cm³/mol. The van der Waals surface area contributed by atoms with Crippen molar-refractivity contribution in [1.29, 1.82) is 0 Å². The maximum absolute atomic E-state index is 12.1. The molecule has 1 atom stereocenters. The first-order valence-electron chi connectivity index (χ1n) is 9.25. The molecule has 1 amide bonds. The Morgan fingerprint density at radius 2 is 2.00 bits per heavy atom. The van der Waals surface area contributed by atoms with Gasteiger partial charge in [-0.3, -0.25) is 9.79 Å². The van der Waals surface area contributed by atoms with E-state index in [1.54, 1.807) is 7.05 Å². The lowest BCUT2D eigenvalue weighted by Crippen LogP contribution is -2.48. The van der Waals surface area contributed by atoms with Crippen LogP contribution in [0.5, 0.6) is 0 Å². The molecule has 1 heterocycles. The summed E-state index contributed by atoms with van der Waals surface area (Å²) in [5, 5.41) is 7.61. The monoisotopic (exact) mass is 378 g/mol. The topological polar surface area (TPSA) is 56.7 Å². The van der Waals surface area contributed by atoms with Crippen LogP contribution in [-0.4, -0.2) is 49.5 Å². The molecule has 0 saturated carbocycles. The molecule has 1 aliphatic rings. The number of nitrogens with zero attached hydrogens (tertiary/aromatic N) is 2. The minimum absolute atomic E-state index is 0.0476. The van der Waals surface area contributed by atoms with E-state index in [9.17, 15) is 4.79 Å². The normalized spacial score (nSPS) is 18.3. The number of benzene rings is 1. The second-order valence-electron chi connectivity index (χ2n) is 7.89. The van der Waals surface area contributed by atoms with Crippen molar-refractivity contribution in [2.24, 2.45) is 10.9 Å². The number of nitrogens with one attached hydrogen (secondary N) is 2. The molecule has 2 rings (SSSR count). The lowest BCUT2D eigenvalue weighted by atomic mass is 9.85. The first-order valence-corrected chi connectivity index (χ1v) is 9.62. The fourth-order valence-electron chi connectivity index (χ4n) is 3.14. The zero-order valence-corrected chi connectivity index (χ0v) is 17.2. The Labute approximate surface area is 162 Å². The number of halogens is 1. The van der Waals surface area contributed by atoms with Crippen LogP contribution in [0, 0.1) is 5.92 Å². The molecule has 2 N–H and O–H groups in total. The van der Waals surface area contributed by atoms with Gasteiger partial charge in [0.2, 0.25) is 5.91 Å². The highest BCUT2D eigenvalue weighted by Gasteiger charge is 2.28. The fraction of sp³-hybridized carbons (Fsp3) is 0.600. The Morgan fingerprint density at radius 1 is 1.35 bits per heavy atom. The third kappa shape index (κ3) is 5.37. The van der Waals surface area contributed by atoms with Crippen LogP contribution < -0.4 is 10.6 Å². The van der Waals surface area contributed by atoms with E-state index in [0.717, 1.165) is 37.0 Å². The third-order valence-electron chi connectivity index (χ3n) is 4.88. The quantitative estimate of drug-likeness (QED) is 0.611. The van der Waals surface area contributed by atoms with Gasteiger partial charge in [-0.15, -0.1) is 0 Å². The SMILES string of the molecule is CN=C(NCC(C)(C)c1ccc(Cl)cc1)NC1CCN(C(=O)C(C)C)C1. The number of hydrogen-bond acceptors (Lipinski definition) is 2. The summed E-state index contributed by atoms with van der Waals surface area (Å²) in [6.45, 7) is 10.6. The highest BCUT2D eigenvalue weighted by molar-refractivity contribution is 6.30. The first kappa shape index (κ1) is 20.6. The summed E-state index contributed by atoms with van der Waals surface area (Å²) in [6, 6.07) is 8.21. The largest absolute Gasteiger partial charge is 0.356 e. The van der Waals surface area contributed by atoms with Crippen LogP contribution in [0.4, 0.5) is 0 Å². The highest BCUT2D eigenvalue weighted by Crippen LogP contribution is 2.23. The van der Waals surface area contributed by atoms with Crippen molar-refractivity contribution in [3.8, 4) is 0 Å². The summed E-state index contributed by atoms with van der Waals surface area (Å²) in [7, 11) is 1.77. The van der Waals surface area contributed by atoms with Gasteiger partial charge in [-0.25, -0.2) is 0 Å². The summed E-state index contributed by atoms with van der Waals surface area (Å²) in [5.74, 6) is 1.04. The number of carbonyl (C=O) groups is 1. The van der Waals surface area contributed by atoms with Crippen LogP contribution in [0.3, 0.4) is 0 Å². The van der Waals surface area contributed by atoms with E-state index in [2.05, 4.69) is 41.6 Å². The number of guanidine groups is 1. The maximum Gasteiger partial charge on any atom is 0.225 e. The van der Waals surface area contributed by atoms with E-state index in [0.29, 0.717) is 0 Å². The van der Waals surface area contributed by atoms with Gasteiger partial charge >= 0.3 is 0 Å². The van der Waals surface area contributed by atoms with Gasteiger partial charge in [-0.2, -0.15) is 0 Å². The van der Waals surface area contributed by atoms with Crippen LogP contribution >= 0.6 is 11.6 Å². The minimum atomic E-state index is -0.0580. The Kier molecular flexibility index (Phi) is 6.93. The molecular formula is C20H31ClN4O. The summed E-state index contributed by atoms with van der Waals surface area (Å²) >= 11 is 5.99. The van der Waals surface area contributed by atoms with Crippen LogP contribution in [-0.2, 0) is 10.2 Å². The van der Waals surface area contributed by atoms with Crippen molar-refractivity contribution in [3.63, 3.8) is 0 Å². The van der Waals surface area contributed by atoms with Crippen LogP contribution in [0.15, 0.2) is 29.3 Å². The van der Waals surface area contributed by atoms with E-state index in [-0.39, 0.29) is 23.3 Å². The van der Waals surface area contributed by atoms with E-state index >= 15 is 0 Å². The van der Waals surface area contributed by atoms with Gasteiger partial charge < -0.3 is 15.5 Å². The average molecular weight is 379 g/mol. The minimum Gasteiger partial charge on any atom is -0.356 e. The molecule has 0 spiro atoms. The van der Waals surface area contributed by atoms with Crippen molar-refractivity contribution >= 4 is 23.5 Å². The van der Waals surface area contributed by atoms with Gasteiger partial charge in [-0.1, -0.05) is 51.4 Å². The standard InChI is InChI=1S/C20H31ClN4O/c1-14(2)18(26)25-11-10-17(12-25)24-19(22-5)23-13-20(3,4)15-6-8-16(21)9-7-15/h6-9,14,17H,10-13H2,1-5H3,(H2,22,23,24). The average Bonchev–Trinajstić information content (AvgIpc) is 3.06. The zero-order chi connectivity index (χ0) is 19.3. The van der Waals surface area contributed by atoms with Crippen LogP contribution in [0.2, 0.25) is 5.02 Å². The van der Waals surface area contributed by atoms with Gasteiger partial charge in [0.15, 0.2) is 5.96 Å². The maximum atomic E-state index is 12.1. The summed E-state index contributed by atoms with van der Waals surface area (Å²) < 4.78 is 0. The van der Waals surface area contributed by atoms with E-state index < -0.39 is 0 Å². The Morgan fingerprint density at radius 3 is 2.58 bits per heavy atom. The molecule has 0 radical (unpaired) electrons. The molecule has 1 aromatic carbocycles. The molecule has 1 fully saturated rings. The second kappa shape index (κ2) is 8.76. The van der Waals surface area contributed by atoms with E-state index in [1.807, 2.05) is 30.9 Å². The third-order valence-corrected chi connectivity index (χ3v) is 5.13. The van der Waals surface area contributed by atoms with Crippen LogP contribution in [0.1, 0.15) is 39.7 Å². The number of carbonyl (C=O) groups excluding carboxylic acids is 1. The van der Waals surface area contributed by atoms with Gasteiger partial charge in [0.1, 0.15) is 0 Å². The second-order valence-corrected chi connectivity index (χ2v) is 8.32. The van der Waals surface area contributed by atoms with Crippen molar-refractivity contribution in [2.75, 3.05) is 26.7 Å². The molecule has 1 unspecified atom stereocenters. The number of amides is 1. The molecule has 26 heavy (non-hydrogen) atoms. The first-order chi connectivity index (χ1) is 12.2. The molecular weight excluding hydrogens is 348 g/mol. The van der Waals surface area contributed by atoms with E-state index in [4.69, 9.17) is 11.6 Å². The number of hydrogen-bond donors (Lipinski definition) is 2. The van der Waals surface area contributed by atoms with Crippen molar-refractivity contribution in [1.82, 2.24) is 15.5 Å². The molecule has 1 saturated heterocycles. The van der Waals surface area contributed by atoms with Gasteiger partial charge in [0.05, 0.1) is 0 Å². The Balaban J connectivity index is 1.88. The molecule has 6 heteroatoms. The van der Waals surface area contributed by atoms with Crippen LogP contribution in [0.25, 0.3) is 0 Å². The van der Waals surface area contributed by atoms with Crippen molar-refractivity contribution in [2.45, 2.75) is 45.6 Å². The number of likely N-dealkylation sites (tertiary alicyclic amines) is 1.